The summed E-state index contributed by atoms with van der Waals surface area (Å²) in [4.78, 5) is 13.9. The molecule has 0 saturated carbocycles. The smallest absolute Gasteiger partial charge is 0.410 e. The largest absolute Gasteiger partial charge is 0.444 e. The molecule has 1 fully saturated rings. The SMILES string of the molecule is CC(C)(C)NCCNC1(C)CCN(C(=O)OC(C)(C)C)CC1. The molecule has 0 atom stereocenters. The molecule has 1 rings (SSSR count). The van der Waals surface area contributed by atoms with Gasteiger partial charge in [-0.25, -0.2) is 4.79 Å². The molecule has 0 aromatic rings. The summed E-state index contributed by atoms with van der Waals surface area (Å²) in [6.45, 7) is 17.9. The molecule has 0 unspecified atom stereocenters. The third-order valence-corrected chi connectivity index (χ3v) is 3.85. The molecular formula is C17H35N3O2. The fraction of sp³-hybridized carbons (Fsp3) is 0.941. The summed E-state index contributed by atoms with van der Waals surface area (Å²) in [5, 5.41) is 7.12. The van der Waals surface area contributed by atoms with Crippen molar-refractivity contribution >= 4 is 6.09 Å². The molecule has 1 saturated heterocycles. The van der Waals surface area contributed by atoms with Crippen LogP contribution < -0.4 is 10.6 Å². The standard InChI is InChI=1S/C17H35N3O2/c1-15(2,3)18-10-11-19-17(7)8-12-20(13-9-17)14(21)22-16(4,5)6/h18-19H,8-13H2,1-7H3. The fourth-order valence-electron chi connectivity index (χ4n) is 2.49. The highest BCUT2D eigenvalue weighted by molar-refractivity contribution is 5.68. The molecule has 5 heteroatoms. The second-order valence-corrected chi connectivity index (χ2v) is 8.63. The number of carbonyl (C=O) groups excluding carboxylic acids is 1. The van der Waals surface area contributed by atoms with Crippen molar-refractivity contribution in [1.82, 2.24) is 15.5 Å². The Morgan fingerprint density at radius 2 is 1.64 bits per heavy atom. The van der Waals surface area contributed by atoms with Gasteiger partial charge in [0.2, 0.25) is 0 Å². The molecule has 5 nitrogen and oxygen atoms in total. The molecule has 1 aliphatic heterocycles. The lowest BCUT2D eigenvalue weighted by molar-refractivity contribution is 0.0158. The molecule has 130 valence electrons. The number of hydrogen-bond acceptors (Lipinski definition) is 4. The van der Waals surface area contributed by atoms with E-state index in [1.807, 2.05) is 25.7 Å². The Morgan fingerprint density at radius 1 is 1.09 bits per heavy atom. The molecule has 0 bridgehead atoms. The Labute approximate surface area is 136 Å². The topological polar surface area (TPSA) is 53.6 Å². The summed E-state index contributed by atoms with van der Waals surface area (Å²) >= 11 is 0. The molecule has 0 aromatic carbocycles. The third kappa shape index (κ3) is 7.45. The summed E-state index contributed by atoms with van der Waals surface area (Å²) in [5.74, 6) is 0. The number of hydrogen-bond donors (Lipinski definition) is 2. The monoisotopic (exact) mass is 313 g/mol. The lowest BCUT2D eigenvalue weighted by Gasteiger charge is -2.40. The molecule has 1 amide bonds. The Bertz CT molecular complexity index is 361. The molecule has 1 aliphatic rings. The van der Waals surface area contributed by atoms with Gasteiger partial charge in [-0.3, -0.25) is 0 Å². The van der Waals surface area contributed by atoms with Crippen molar-refractivity contribution < 1.29 is 9.53 Å². The van der Waals surface area contributed by atoms with Crippen molar-refractivity contribution in [2.75, 3.05) is 26.2 Å². The van der Waals surface area contributed by atoms with Crippen LogP contribution in [0.3, 0.4) is 0 Å². The van der Waals surface area contributed by atoms with Gasteiger partial charge < -0.3 is 20.3 Å². The van der Waals surface area contributed by atoms with Gasteiger partial charge in [0.15, 0.2) is 0 Å². The van der Waals surface area contributed by atoms with Gasteiger partial charge in [0.1, 0.15) is 5.60 Å². The van der Waals surface area contributed by atoms with Crippen LogP contribution in [-0.2, 0) is 4.74 Å². The van der Waals surface area contributed by atoms with E-state index in [0.717, 1.165) is 39.0 Å². The minimum atomic E-state index is -0.422. The summed E-state index contributed by atoms with van der Waals surface area (Å²) < 4.78 is 5.44. The minimum absolute atomic E-state index is 0.109. The predicted molar refractivity (Wildman–Crippen MR) is 91.2 cm³/mol. The lowest BCUT2D eigenvalue weighted by atomic mass is 9.90. The number of likely N-dealkylation sites (tertiary alicyclic amines) is 1. The van der Waals surface area contributed by atoms with Crippen molar-refractivity contribution in [3.8, 4) is 0 Å². The van der Waals surface area contributed by atoms with Crippen LogP contribution in [0.4, 0.5) is 4.79 Å². The van der Waals surface area contributed by atoms with Gasteiger partial charge in [0, 0.05) is 37.3 Å². The van der Waals surface area contributed by atoms with Crippen LogP contribution in [0.5, 0.6) is 0 Å². The maximum absolute atomic E-state index is 12.1. The highest BCUT2D eigenvalue weighted by atomic mass is 16.6. The van der Waals surface area contributed by atoms with E-state index in [0.29, 0.717) is 0 Å². The van der Waals surface area contributed by atoms with Crippen molar-refractivity contribution in [3.63, 3.8) is 0 Å². The number of rotatable bonds is 4. The van der Waals surface area contributed by atoms with Crippen molar-refractivity contribution in [2.24, 2.45) is 0 Å². The van der Waals surface area contributed by atoms with Crippen LogP contribution in [0.25, 0.3) is 0 Å². The summed E-state index contributed by atoms with van der Waals surface area (Å²) in [5.41, 5.74) is -0.157. The Kier molecular flexibility index (Phi) is 6.27. The van der Waals surface area contributed by atoms with E-state index in [2.05, 4.69) is 38.3 Å². The molecule has 0 radical (unpaired) electrons. The first-order valence-corrected chi connectivity index (χ1v) is 8.38. The van der Waals surface area contributed by atoms with E-state index in [9.17, 15) is 4.79 Å². The molecule has 0 spiro atoms. The number of nitrogens with zero attached hydrogens (tertiary/aromatic N) is 1. The van der Waals surface area contributed by atoms with Gasteiger partial charge in [-0.15, -0.1) is 0 Å². The van der Waals surface area contributed by atoms with E-state index in [1.165, 1.54) is 0 Å². The van der Waals surface area contributed by atoms with E-state index in [1.54, 1.807) is 0 Å². The van der Waals surface area contributed by atoms with Gasteiger partial charge in [-0.05, 0) is 61.3 Å². The molecule has 0 aliphatic carbocycles. The number of nitrogens with one attached hydrogen (secondary N) is 2. The van der Waals surface area contributed by atoms with Crippen LogP contribution >= 0.6 is 0 Å². The highest BCUT2D eigenvalue weighted by Crippen LogP contribution is 2.23. The van der Waals surface area contributed by atoms with Gasteiger partial charge >= 0.3 is 6.09 Å². The Hall–Kier alpha value is -0.810. The van der Waals surface area contributed by atoms with Crippen molar-refractivity contribution in [3.05, 3.63) is 0 Å². The maximum Gasteiger partial charge on any atom is 0.410 e. The first kappa shape index (κ1) is 19.2. The summed E-state index contributed by atoms with van der Waals surface area (Å²) in [7, 11) is 0. The number of ether oxygens (including phenoxy) is 1. The zero-order valence-electron chi connectivity index (χ0n) is 15.5. The van der Waals surface area contributed by atoms with Gasteiger partial charge in [0.05, 0.1) is 0 Å². The zero-order chi connectivity index (χ0) is 17.0. The molecule has 22 heavy (non-hydrogen) atoms. The summed E-state index contributed by atoms with van der Waals surface area (Å²) in [6, 6.07) is 0. The van der Waals surface area contributed by atoms with E-state index < -0.39 is 5.60 Å². The average Bonchev–Trinajstić information content (AvgIpc) is 2.32. The van der Waals surface area contributed by atoms with Crippen LogP contribution in [0.2, 0.25) is 0 Å². The number of piperidine rings is 1. The van der Waals surface area contributed by atoms with E-state index in [4.69, 9.17) is 4.74 Å². The first-order valence-electron chi connectivity index (χ1n) is 8.38. The van der Waals surface area contributed by atoms with E-state index in [-0.39, 0.29) is 17.2 Å². The second kappa shape index (κ2) is 7.18. The van der Waals surface area contributed by atoms with Crippen molar-refractivity contribution in [2.45, 2.75) is 78.0 Å². The second-order valence-electron chi connectivity index (χ2n) is 8.63. The van der Waals surface area contributed by atoms with Crippen molar-refractivity contribution in [1.29, 1.82) is 0 Å². The molecular weight excluding hydrogens is 278 g/mol. The van der Waals surface area contributed by atoms with Crippen LogP contribution in [0, 0.1) is 0 Å². The lowest BCUT2D eigenvalue weighted by Crippen LogP contribution is -2.54. The van der Waals surface area contributed by atoms with E-state index >= 15 is 0 Å². The van der Waals surface area contributed by atoms with Crippen LogP contribution in [-0.4, -0.2) is 53.9 Å². The highest BCUT2D eigenvalue weighted by Gasteiger charge is 2.33. The quantitative estimate of drug-likeness (QED) is 0.784. The van der Waals surface area contributed by atoms with Gasteiger partial charge in [-0.2, -0.15) is 0 Å². The predicted octanol–water partition coefficient (Wildman–Crippen LogP) is 2.75. The van der Waals surface area contributed by atoms with Crippen LogP contribution in [0.15, 0.2) is 0 Å². The average molecular weight is 313 g/mol. The number of amides is 1. The van der Waals surface area contributed by atoms with Gasteiger partial charge in [-0.1, -0.05) is 0 Å². The minimum Gasteiger partial charge on any atom is -0.444 e. The molecule has 1 heterocycles. The molecule has 2 N–H and O–H groups in total. The van der Waals surface area contributed by atoms with Crippen LogP contribution in [0.1, 0.15) is 61.3 Å². The Morgan fingerprint density at radius 3 is 2.09 bits per heavy atom. The van der Waals surface area contributed by atoms with Gasteiger partial charge in [0.25, 0.3) is 0 Å². The third-order valence-electron chi connectivity index (χ3n) is 3.85. The summed E-state index contributed by atoms with van der Waals surface area (Å²) in [6.07, 6.45) is 1.73. The first-order chi connectivity index (χ1) is 9.90. The normalized spacial score (nSPS) is 19.1. The maximum atomic E-state index is 12.1. The zero-order valence-corrected chi connectivity index (χ0v) is 15.5. The number of carbonyl (C=O) groups is 1. The fourth-order valence-corrected chi connectivity index (χ4v) is 2.49. The Balaban J connectivity index is 2.32. The molecule has 0 aromatic heterocycles.